The lowest BCUT2D eigenvalue weighted by Gasteiger charge is -2.23. The number of benzene rings is 3. The van der Waals surface area contributed by atoms with E-state index in [0.29, 0.717) is 35.0 Å². The molecule has 30 heavy (non-hydrogen) atoms. The summed E-state index contributed by atoms with van der Waals surface area (Å²) in [5.74, 6) is 0.837. The minimum atomic E-state index is -3.74. The molecule has 3 aromatic rings. The van der Waals surface area contributed by atoms with Gasteiger partial charge < -0.3 is 14.8 Å². The van der Waals surface area contributed by atoms with Crippen molar-refractivity contribution in [1.29, 1.82) is 0 Å². The van der Waals surface area contributed by atoms with Crippen LogP contribution in [0.4, 0.5) is 11.4 Å². The number of anilines is 2. The topological polar surface area (TPSA) is 84.9 Å². The van der Waals surface area contributed by atoms with Crippen molar-refractivity contribution in [3.63, 3.8) is 0 Å². The van der Waals surface area contributed by atoms with Gasteiger partial charge in [0.05, 0.1) is 10.6 Å². The van der Waals surface area contributed by atoms with E-state index in [2.05, 4.69) is 5.32 Å². The number of nitrogens with one attached hydrogen (secondary N) is 1. The lowest BCUT2D eigenvalue weighted by Crippen LogP contribution is -2.30. The van der Waals surface area contributed by atoms with Gasteiger partial charge in [0.2, 0.25) is 6.79 Å². The van der Waals surface area contributed by atoms with E-state index in [-0.39, 0.29) is 17.6 Å². The lowest BCUT2D eigenvalue weighted by molar-refractivity contribution is 0.102. The number of hydrogen-bond acceptors (Lipinski definition) is 5. The summed E-state index contributed by atoms with van der Waals surface area (Å²) in [5, 5.41) is 2.77. The first kappa shape index (κ1) is 19.8. The molecule has 0 unspecified atom stereocenters. The van der Waals surface area contributed by atoms with Crippen LogP contribution in [0.25, 0.3) is 0 Å². The van der Waals surface area contributed by atoms with Crippen molar-refractivity contribution in [1.82, 2.24) is 0 Å². The fourth-order valence-corrected chi connectivity index (χ4v) is 4.64. The van der Waals surface area contributed by atoms with Crippen LogP contribution in [-0.4, -0.2) is 27.7 Å². The molecule has 0 aliphatic carbocycles. The molecule has 154 valence electrons. The maximum absolute atomic E-state index is 13.0. The summed E-state index contributed by atoms with van der Waals surface area (Å²) in [6.07, 6.45) is 0. The van der Waals surface area contributed by atoms with E-state index >= 15 is 0 Å². The fraction of sp³-hybridized carbons (Fsp3) is 0.136. The van der Waals surface area contributed by atoms with Crippen molar-refractivity contribution >= 4 is 27.3 Å². The molecular weight excluding hydrogens is 404 g/mol. The Morgan fingerprint density at radius 3 is 2.37 bits per heavy atom. The predicted octanol–water partition coefficient (Wildman–Crippen LogP) is 3.88. The maximum atomic E-state index is 13.0. The van der Waals surface area contributed by atoms with Gasteiger partial charge >= 0.3 is 0 Å². The minimum absolute atomic E-state index is 0.118. The fourth-order valence-electron chi connectivity index (χ4n) is 3.17. The van der Waals surface area contributed by atoms with Gasteiger partial charge in [-0.15, -0.1) is 0 Å². The number of carbonyl (C=O) groups is 1. The van der Waals surface area contributed by atoms with Crippen LogP contribution in [0.15, 0.2) is 77.7 Å². The summed E-state index contributed by atoms with van der Waals surface area (Å²) in [6.45, 7) is 2.22. The molecule has 1 heterocycles. The smallest absolute Gasteiger partial charge is 0.264 e. The molecule has 8 heteroatoms. The molecule has 0 spiro atoms. The Morgan fingerprint density at radius 2 is 1.67 bits per heavy atom. The van der Waals surface area contributed by atoms with Crippen LogP contribution in [-0.2, 0) is 10.0 Å². The molecule has 0 fully saturated rings. The van der Waals surface area contributed by atoms with Crippen molar-refractivity contribution in [3.05, 3.63) is 78.4 Å². The number of ether oxygens (including phenoxy) is 2. The third-order valence-electron chi connectivity index (χ3n) is 4.67. The quantitative estimate of drug-likeness (QED) is 0.649. The molecule has 1 amide bonds. The minimum Gasteiger partial charge on any atom is -0.454 e. The number of carbonyl (C=O) groups excluding carboxylic acids is 1. The summed E-state index contributed by atoms with van der Waals surface area (Å²) in [6, 6.07) is 19.9. The van der Waals surface area contributed by atoms with Gasteiger partial charge in [-0.1, -0.05) is 18.2 Å². The third kappa shape index (κ3) is 3.81. The average molecular weight is 424 g/mol. The highest BCUT2D eigenvalue weighted by Gasteiger charge is 2.24. The van der Waals surface area contributed by atoms with Gasteiger partial charge in [-0.25, -0.2) is 8.42 Å². The van der Waals surface area contributed by atoms with E-state index in [9.17, 15) is 13.2 Å². The standard InChI is InChI=1S/C22H20N2O5S/c1-2-24(18-6-4-3-5-7-18)30(26,27)19-11-8-16(9-12-19)22(25)23-17-10-13-20-21(14-17)29-15-28-20/h3-14H,2,15H2,1H3,(H,23,25). The first-order valence-corrected chi connectivity index (χ1v) is 10.8. The highest BCUT2D eigenvalue weighted by atomic mass is 32.2. The largest absolute Gasteiger partial charge is 0.454 e. The van der Waals surface area contributed by atoms with Crippen LogP contribution in [0, 0.1) is 0 Å². The van der Waals surface area contributed by atoms with Crippen molar-refractivity contribution in [2.45, 2.75) is 11.8 Å². The zero-order valence-corrected chi connectivity index (χ0v) is 17.1. The lowest BCUT2D eigenvalue weighted by atomic mass is 10.2. The second-order valence-corrected chi connectivity index (χ2v) is 8.41. The number of fused-ring (bicyclic) bond motifs is 1. The Labute approximate surface area is 174 Å². The van der Waals surface area contributed by atoms with E-state index < -0.39 is 10.0 Å². The van der Waals surface area contributed by atoms with Crippen molar-refractivity contribution in [2.75, 3.05) is 23.0 Å². The predicted molar refractivity (Wildman–Crippen MR) is 114 cm³/mol. The van der Waals surface area contributed by atoms with Gasteiger partial charge in [0.1, 0.15) is 0 Å². The highest BCUT2D eigenvalue weighted by Crippen LogP contribution is 2.34. The summed E-state index contributed by atoms with van der Waals surface area (Å²) in [4.78, 5) is 12.7. The monoisotopic (exact) mass is 424 g/mol. The van der Waals surface area contributed by atoms with E-state index in [1.165, 1.54) is 28.6 Å². The van der Waals surface area contributed by atoms with Crippen LogP contribution in [0.5, 0.6) is 11.5 Å². The van der Waals surface area contributed by atoms with Gasteiger partial charge in [-0.2, -0.15) is 0 Å². The first-order valence-electron chi connectivity index (χ1n) is 9.38. The molecule has 0 aromatic heterocycles. The summed E-state index contributed by atoms with van der Waals surface area (Å²) < 4.78 is 38.0. The van der Waals surface area contributed by atoms with Gasteiger partial charge in [0.15, 0.2) is 11.5 Å². The molecule has 1 aliphatic rings. The number of rotatable bonds is 6. The number of hydrogen-bond donors (Lipinski definition) is 1. The molecule has 0 bridgehead atoms. The maximum Gasteiger partial charge on any atom is 0.264 e. The van der Waals surface area contributed by atoms with Gasteiger partial charge in [-0.05, 0) is 55.5 Å². The Kier molecular flexibility index (Phi) is 5.33. The Hall–Kier alpha value is -3.52. The number of nitrogens with zero attached hydrogens (tertiary/aromatic N) is 1. The van der Waals surface area contributed by atoms with Gasteiger partial charge in [-0.3, -0.25) is 9.10 Å². The SMILES string of the molecule is CCN(c1ccccc1)S(=O)(=O)c1ccc(C(=O)Nc2ccc3c(c2)OCO3)cc1. The normalized spacial score (nSPS) is 12.4. The van der Waals surface area contributed by atoms with Crippen molar-refractivity contribution in [3.8, 4) is 11.5 Å². The third-order valence-corrected chi connectivity index (χ3v) is 6.58. The second-order valence-electron chi connectivity index (χ2n) is 6.55. The van der Waals surface area contributed by atoms with E-state index in [0.717, 1.165) is 0 Å². The van der Waals surface area contributed by atoms with Crippen molar-refractivity contribution < 1.29 is 22.7 Å². The molecule has 4 rings (SSSR count). The summed E-state index contributed by atoms with van der Waals surface area (Å²) in [5.41, 5.74) is 1.49. The molecule has 1 N–H and O–H groups in total. The molecule has 0 saturated carbocycles. The Bertz CT molecular complexity index is 1160. The first-order chi connectivity index (χ1) is 14.5. The second kappa shape index (κ2) is 8.08. The number of amides is 1. The molecule has 0 atom stereocenters. The van der Waals surface area contributed by atoms with Gasteiger partial charge in [0.25, 0.3) is 15.9 Å². The van der Waals surface area contributed by atoms with Crippen LogP contribution in [0.1, 0.15) is 17.3 Å². The van der Waals surface area contributed by atoms with E-state index in [1.807, 2.05) is 6.07 Å². The molecule has 1 aliphatic heterocycles. The molecule has 0 saturated heterocycles. The van der Waals surface area contributed by atoms with Crippen LogP contribution >= 0.6 is 0 Å². The van der Waals surface area contributed by atoms with Crippen LogP contribution in [0.3, 0.4) is 0 Å². The summed E-state index contributed by atoms with van der Waals surface area (Å²) >= 11 is 0. The Morgan fingerprint density at radius 1 is 0.967 bits per heavy atom. The Balaban J connectivity index is 1.52. The molecule has 0 radical (unpaired) electrons. The molecule has 7 nitrogen and oxygen atoms in total. The van der Waals surface area contributed by atoms with Gasteiger partial charge in [0, 0.05) is 23.9 Å². The van der Waals surface area contributed by atoms with E-state index in [1.54, 1.807) is 49.4 Å². The average Bonchev–Trinajstić information content (AvgIpc) is 3.23. The zero-order chi connectivity index (χ0) is 21.1. The zero-order valence-electron chi connectivity index (χ0n) is 16.2. The number of para-hydroxylation sites is 1. The highest BCUT2D eigenvalue weighted by molar-refractivity contribution is 7.92. The van der Waals surface area contributed by atoms with Crippen LogP contribution in [0.2, 0.25) is 0 Å². The van der Waals surface area contributed by atoms with E-state index in [4.69, 9.17) is 9.47 Å². The molecule has 3 aromatic carbocycles. The summed E-state index contributed by atoms with van der Waals surface area (Å²) in [7, 11) is -3.74. The molecular formula is C22H20N2O5S. The van der Waals surface area contributed by atoms with Crippen molar-refractivity contribution in [2.24, 2.45) is 0 Å². The van der Waals surface area contributed by atoms with Crippen LogP contribution < -0.4 is 19.1 Å². The number of sulfonamides is 1.